The molecule has 1 heterocycles. The minimum atomic E-state index is -0.239. The van der Waals surface area contributed by atoms with Gasteiger partial charge < -0.3 is 9.30 Å². The van der Waals surface area contributed by atoms with Crippen LogP contribution in [0.4, 0.5) is 0 Å². The highest BCUT2D eigenvalue weighted by atomic mass is 16.5. The van der Waals surface area contributed by atoms with Gasteiger partial charge in [0.25, 0.3) is 5.56 Å². The van der Waals surface area contributed by atoms with Crippen molar-refractivity contribution in [2.45, 2.75) is 33.7 Å². The van der Waals surface area contributed by atoms with E-state index in [1.54, 1.807) is 10.6 Å². The lowest BCUT2D eigenvalue weighted by Crippen LogP contribution is -2.24. The molecule has 0 fully saturated rings. The van der Waals surface area contributed by atoms with Gasteiger partial charge in [0.2, 0.25) is 0 Å². The third-order valence-electron chi connectivity index (χ3n) is 3.69. The molecule has 1 aromatic heterocycles. The zero-order valence-corrected chi connectivity index (χ0v) is 13.9. The first kappa shape index (κ1) is 16.8. The van der Waals surface area contributed by atoms with Gasteiger partial charge in [-0.3, -0.25) is 4.79 Å². The summed E-state index contributed by atoms with van der Waals surface area (Å²) in [6.07, 6.45) is 0.874. The molecule has 0 N–H and O–H groups in total. The molecule has 4 heteroatoms. The number of hydrogen-bond donors (Lipinski definition) is 0. The van der Waals surface area contributed by atoms with Crippen LogP contribution in [0.2, 0.25) is 0 Å². The van der Waals surface area contributed by atoms with E-state index in [1.807, 2.05) is 43.3 Å². The molecule has 0 radical (unpaired) electrons. The molecule has 0 aliphatic carbocycles. The van der Waals surface area contributed by atoms with Crippen molar-refractivity contribution in [3.63, 3.8) is 0 Å². The molecular weight excluding hydrogens is 288 g/mol. The fourth-order valence-corrected chi connectivity index (χ4v) is 2.47. The van der Waals surface area contributed by atoms with Gasteiger partial charge in [-0.2, -0.15) is 5.26 Å². The highest BCUT2D eigenvalue weighted by molar-refractivity contribution is 5.68. The molecule has 0 bridgehead atoms. The second kappa shape index (κ2) is 7.64. The summed E-state index contributed by atoms with van der Waals surface area (Å²) in [6, 6.07) is 13.1. The Bertz CT molecular complexity index is 770. The molecule has 0 unspecified atom stereocenters. The number of nitrogens with zero attached hydrogens (tertiary/aromatic N) is 2. The number of hydrogen-bond acceptors (Lipinski definition) is 3. The van der Waals surface area contributed by atoms with Gasteiger partial charge in [0, 0.05) is 12.1 Å². The summed E-state index contributed by atoms with van der Waals surface area (Å²) in [4.78, 5) is 12.6. The van der Waals surface area contributed by atoms with Crippen molar-refractivity contribution in [2.24, 2.45) is 5.92 Å². The van der Waals surface area contributed by atoms with Gasteiger partial charge in [-0.15, -0.1) is 0 Å². The number of nitriles is 1. The zero-order chi connectivity index (χ0) is 16.8. The number of para-hydroxylation sites is 1. The SMILES string of the molecule is CCOc1ccccc1-c1ccc(C#N)c(=O)n1CCC(C)C. The van der Waals surface area contributed by atoms with Crippen LogP contribution in [-0.4, -0.2) is 11.2 Å². The lowest BCUT2D eigenvalue weighted by molar-refractivity contribution is 0.341. The smallest absolute Gasteiger partial charge is 0.268 e. The molecule has 0 atom stereocenters. The fraction of sp³-hybridized carbons (Fsp3) is 0.368. The molecule has 120 valence electrons. The highest BCUT2D eigenvalue weighted by Crippen LogP contribution is 2.29. The lowest BCUT2D eigenvalue weighted by atomic mass is 10.1. The second-order valence-corrected chi connectivity index (χ2v) is 5.81. The molecule has 0 amide bonds. The van der Waals surface area contributed by atoms with Crippen LogP contribution in [0.25, 0.3) is 11.3 Å². The van der Waals surface area contributed by atoms with Crippen molar-refractivity contribution in [3.05, 3.63) is 52.3 Å². The summed E-state index contributed by atoms with van der Waals surface area (Å²) in [5.74, 6) is 1.22. The first-order chi connectivity index (χ1) is 11.1. The first-order valence-electron chi connectivity index (χ1n) is 7.94. The predicted molar refractivity (Wildman–Crippen MR) is 91.5 cm³/mol. The van der Waals surface area contributed by atoms with Crippen molar-refractivity contribution in [2.75, 3.05) is 6.61 Å². The molecule has 23 heavy (non-hydrogen) atoms. The highest BCUT2D eigenvalue weighted by Gasteiger charge is 2.14. The predicted octanol–water partition coefficient (Wildman–Crippen LogP) is 3.83. The van der Waals surface area contributed by atoms with Crippen LogP contribution in [0, 0.1) is 17.2 Å². The van der Waals surface area contributed by atoms with Crippen LogP contribution >= 0.6 is 0 Å². The van der Waals surface area contributed by atoms with Crippen molar-refractivity contribution >= 4 is 0 Å². The number of ether oxygens (including phenoxy) is 1. The molecular formula is C19H22N2O2. The van der Waals surface area contributed by atoms with Crippen LogP contribution in [0.15, 0.2) is 41.2 Å². The standard InChI is InChI=1S/C19H22N2O2/c1-4-23-18-8-6-5-7-16(18)17-10-9-15(13-20)19(22)21(17)12-11-14(2)3/h5-10,14H,4,11-12H2,1-3H3. The number of benzene rings is 1. The topological polar surface area (TPSA) is 55.0 Å². The average Bonchev–Trinajstić information content (AvgIpc) is 2.54. The Morgan fingerprint density at radius 3 is 2.61 bits per heavy atom. The van der Waals surface area contributed by atoms with Crippen molar-refractivity contribution < 1.29 is 4.74 Å². The molecule has 4 nitrogen and oxygen atoms in total. The normalized spacial score (nSPS) is 10.6. The quantitative estimate of drug-likeness (QED) is 0.814. The molecule has 2 aromatic rings. The Labute approximate surface area is 137 Å². The maximum absolute atomic E-state index is 12.6. The Balaban J connectivity index is 2.60. The molecule has 1 aromatic carbocycles. The maximum atomic E-state index is 12.6. The minimum Gasteiger partial charge on any atom is -0.493 e. The van der Waals surface area contributed by atoms with Crippen LogP contribution in [0.5, 0.6) is 5.75 Å². The number of rotatable bonds is 6. The summed E-state index contributed by atoms with van der Waals surface area (Å²) in [6.45, 7) is 7.31. The van der Waals surface area contributed by atoms with E-state index in [9.17, 15) is 4.79 Å². The van der Waals surface area contributed by atoms with E-state index in [-0.39, 0.29) is 11.1 Å². The van der Waals surface area contributed by atoms with E-state index in [0.717, 1.165) is 23.4 Å². The number of aromatic nitrogens is 1. The van der Waals surface area contributed by atoms with Gasteiger partial charge in [0.1, 0.15) is 17.4 Å². The van der Waals surface area contributed by atoms with Crippen LogP contribution in [0.1, 0.15) is 32.8 Å². The molecule has 0 saturated carbocycles. The van der Waals surface area contributed by atoms with Crippen molar-refractivity contribution in [1.82, 2.24) is 4.57 Å². The van der Waals surface area contributed by atoms with Crippen molar-refractivity contribution in [1.29, 1.82) is 5.26 Å². The zero-order valence-electron chi connectivity index (χ0n) is 13.9. The van der Waals surface area contributed by atoms with E-state index in [4.69, 9.17) is 10.00 Å². The summed E-state index contributed by atoms with van der Waals surface area (Å²) in [7, 11) is 0. The Kier molecular flexibility index (Phi) is 5.59. The van der Waals surface area contributed by atoms with Crippen LogP contribution in [-0.2, 0) is 6.54 Å². The van der Waals surface area contributed by atoms with E-state index >= 15 is 0 Å². The van der Waals surface area contributed by atoms with Gasteiger partial charge in [-0.1, -0.05) is 26.0 Å². The van der Waals surface area contributed by atoms with Gasteiger partial charge in [0.15, 0.2) is 0 Å². The largest absolute Gasteiger partial charge is 0.493 e. The van der Waals surface area contributed by atoms with Gasteiger partial charge in [0.05, 0.1) is 12.3 Å². The summed E-state index contributed by atoms with van der Waals surface area (Å²) in [5, 5.41) is 9.13. The summed E-state index contributed by atoms with van der Waals surface area (Å²) < 4.78 is 7.38. The van der Waals surface area contributed by atoms with E-state index in [0.29, 0.717) is 19.1 Å². The molecule has 0 saturated heterocycles. The second-order valence-electron chi connectivity index (χ2n) is 5.81. The first-order valence-corrected chi connectivity index (χ1v) is 7.94. The Morgan fingerprint density at radius 1 is 1.22 bits per heavy atom. The van der Waals surface area contributed by atoms with Gasteiger partial charge >= 0.3 is 0 Å². The van der Waals surface area contributed by atoms with E-state index in [2.05, 4.69) is 13.8 Å². The van der Waals surface area contributed by atoms with E-state index < -0.39 is 0 Å². The van der Waals surface area contributed by atoms with Crippen LogP contribution < -0.4 is 10.3 Å². The lowest BCUT2D eigenvalue weighted by Gasteiger charge is -2.17. The van der Waals surface area contributed by atoms with Crippen molar-refractivity contribution in [3.8, 4) is 23.1 Å². The Hall–Kier alpha value is -2.54. The average molecular weight is 310 g/mol. The van der Waals surface area contributed by atoms with E-state index in [1.165, 1.54) is 0 Å². The fourth-order valence-electron chi connectivity index (χ4n) is 2.47. The summed E-state index contributed by atoms with van der Waals surface area (Å²) in [5.41, 5.74) is 1.60. The minimum absolute atomic E-state index is 0.173. The monoisotopic (exact) mass is 310 g/mol. The van der Waals surface area contributed by atoms with Gasteiger partial charge in [-0.25, -0.2) is 0 Å². The third kappa shape index (κ3) is 3.81. The molecule has 2 rings (SSSR count). The molecule has 0 aliphatic heterocycles. The molecule has 0 aliphatic rings. The van der Waals surface area contributed by atoms with Crippen LogP contribution in [0.3, 0.4) is 0 Å². The molecule has 0 spiro atoms. The maximum Gasteiger partial charge on any atom is 0.268 e. The summed E-state index contributed by atoms with van der Waals surface area (Å²) >= 11 is 0. The Morgan fingerprint density at radius 2 is 1.96 bits per heavy atom. The van der Waals surface area contributed by atoms with Gasteiger partial charge in [-0.05, 0) is 43.5 Å². The number of pyridine rings is 1. The third-order valence-corrected chi connectivity index (χ3v) is 3.69.